The van der Waals surface area contributed by atoms with Gasteiger partial charge in [0, 0.05) is 47.4 Å². The minimum Gasteiger partial charge on any atom is -0.382 e. The van der Waals surface area contributed by atoms with Gasteiger partial charge in [-0.2, -0.15) is 20.1 Å². The lowest BCUT2D eigenvalue weighted by Gasteiger charge is -2.18. The first-order chi connectivity index (χ1) is 15.6. The van der Waals surface area contributed by atoms with Crippen molar-refractivity contribution in [2.24, 2.45) is 15.9 Å². The van der Waals surface area contributed by atoms with Crippen LogP contribution in [0, 0.1) is 11.3 Å². The molecule has 1 aliphatic rings. The zero-order valence-corrected chi connectivity index (χ0v) is 18.4. The molecule has 3 aromatic heterocycles. The Hall–Kier alpha value is -3.80. The maximum Gasteiger partial charge on any atom is 0.164 e. The molecule has 3 aromatic rings. The van der Waals surface area contributed by atoms with Crippen molar-refractivity contribution in [3.05, 3.63) is 41.9 Å². The number of nitrogens with zero attached hydrogens (tertiary/aromatic N) is 7. The molecule has 3 N–H and O–H groups in total. The predicted octanol–water partition coefficient (Wildman–Crippen LogP) is 3.57. The first-order valence-electron chi connectivity index (χ1n) is 10.9. The number of hydrazone groups is 1. The van der Waals surface area contributed by atoms with Crippen molar-refractivity contribution in [1.82, 2.24) is 19.7 Å². The number of pyridine rings is 2. The van der Waals surface area contributed by atoms with Gasteiger partial charge in [0.2, 0.25) is 0 Å². The third kappa shape index (κ3) is 4.59. The average Bonchev–Trinajstić information content (AvgIpc) is 3.23. The van der Waals surface area contributed by atoms with Gasteiger partial charge in [-0.05, 0) is 32.8 Å². The molecule has 0 saturated heterocycles. The number of fused-ring (bicyclic) bond motifs is 1. The van der Waals surface area contributed by atoms with Crippen molar-refractivity contribution in [2.75, 3.05) is 5.32 Å². The van der Waals surface area contributed by atoms with Crippen LogP contribution < -0.4 is 11.2 Å². The summed E-state index contributed by atoms with van der Waals surface area (Å²) in [6.07, 6.45) is 12.6. The molecule has 0 unspecified atom stereocenters. The summed E-state index contributed by atoms with van der Waals surface area (Å²) in [5, 5.41) is 21.8. The zero-order valence-electron chi connectivity index (χ0n) is 18.4. The number of nitrogens with two attached hydrogens (primary N) is 1. The van der Waals surface area contributed by atoms with Crippen LogP contribution in [0.2, 0.25) is 0 Å². The van der Waals surface area contributed by atoms with Gasteiger partial charge in [0.25, 0.3) is 0 Å². The standard InChI is InChI=1S/C23H27N9/c1-15(2)30-20-9-22(32-23-17(12-29-32)8-16(10-24)11-28-23)27-13-19(20)21(31-25)14-26-18-6-4-3-5-7-18/h8-9,11-15,18H,3-7,25H2,1-2H3,(H,27,30). The monoisotopic (exact) mass is 429 g/mol. The third-order valence-corrected chi connectivity index (χ3v) is 5.49. The fourth-order valence-corrected chi connectivity index (χ4v) is 3.92. The maximum atomic E-state index is 9.10. The van der Waals surface area contributed by atoms with Crippen LogP contribution in [0.15, 0.2) is 40.8 Å². The average molecular weight is 430 g/mol. The third-order valence-electron chi connectivity index (χ3n) is 5.49. The van der Waals surface area contributed by atoms with E-state index >= 15 is 0 Å². The van der Waals surface area contributed by atoms with E-state index in [4.69, 9.17) is 16.1 Å². The van der Waals surface area contributed by atoms with Crippen LogP contribution in [-0.4, -0.2) is 43.8 Å². The molecule has 1 saturated carbocycles. The van der Waals surface area contributed by atoms with Crippen LogP contribution in [0.25, 0.3) is 16.9 Å². The lowest BCUT2D eigenvalue weighted by molar-refractivity contribution is 0.444. The molecule has 0 atom stereocenters. The maximum absolute atomic E-state index is 9.10. The Morgan fingerprint density at radius 3 is 2.75 bits per heavy atom. The predicted molar refractivity (Wildman–Crippen MR) is 126 cm³/mol. The molecule has 1 fully saturated rings. The first-order valence-corrected chi connectivity index (χ1v) is 10.9. The van der Waals surface area contributed by atoms with E-state index in [2.05, 4.69) is 45.4 Å². The molecule has 4 rings (SSSR count). The van der Waals surface area contributed by atoms with Crippen LogP contribution in [0.4, 0.5) is 5.69 Å². The van der Waals surface area contributed by atoms with E-state index in [1.807, 2.05) is 6.07 Å². The number of anilines is 1. The number of rotatable bonds is 6. The lowest BCUT2D eigenvalue weighted by Crippen LogP contribution is -2.18. The number of nitriles is 1. The second-order valence-electron chi connectivity index (χ2n) is 8.28. The molecule has 164 valence electrons. The second-order valence-corrected chi connectivity index (χ2v) is 8.28. The Labute approximate surface area is 187 Å². The number of hydrogen-bond donors (Lipinski definition) is 2. The zero-order chi connectivity index (χ0) is 22.5. The molecule has 0 aliphatic heterocycles. The minimum atomic E-state index is 0.184. The van der Waals surface area contributed by atoms with Crippen molar-refractivity contribution in [3.8, 4) is 11.9 Å². The van der Waals surface area contributed by atoms with Crippen molar-refractivity contribution in [1.29, 1.82) is 5.26 Å². The van der Waals surface area contributed by atoms with Crippen LogP contribution >= 0.6 is 0 Å². The molecule has 1 aliphatic carbocycles. The Balaban J connectivity index is 1.70. The topological polar surface area (TPSA) is 130 Å². The van der Waals surface area contributed by atoms with E-state index in [1.165, 1.54) is 25.5 Å². The molecule has 0 aromatic carbocycles. The molecule has 0 amide bonds. The van der Waals surface area contributed by atoms with Crippen molar-refractivity contribution in [3.63, 3.8) is 0 Å². The van der Waals surface area contributed by atoms with Gasteiger partial charge in [-0.3, -0.25) is 4.99 Å². The van der Waals surface area contributed by atoms with Gasteiger partial charge < -0.3 is 11.2 Å². The fraction of sp³-hybridized carbons (Fsp3) is 0.391. The Kier molecular flexibility index (Phi) is 6.40. The van der Waals surface area contributed by atoms with Gasteiger partial charge in [0.1, 0.15) is 11.8 Å². The number of nitrogens with one attached hydrogen (secondary N) is 1. The highest BCUT2D eigenvalue weighted by Crippen LogP contribution is 2.23. The molecular weight excluding hydrogens is 402 g/mol. The smallest absolute Gasteiger partial charge is 0.164 e. The Morgan fingerprint density at radius 2 is 2.03 bits per heavy atom. The largest absolute Gasteiger partial charge is 0.382 e. The van der Waals surface area contributed by atoms with E-state index < -0.39 is 0 Å². The number of aliphatic imine (C=N–C) groups is 1. The van der Waals surface area contributed by atoms with Crippen molar-refractivity contribution in [2.45, 2.75) is 58.0 Å². The van der Waals surface area contributed by atoms with Gasteiger partial charge >= 0.3 is 0 Å². The van der Waals surface area contributed by atoms with Crippen LogP contribution in [0.3, 0.4) is 0 Å². The molecule has 9 nitrogen and oxygen atoms in total. The normalized spacial score (nSPS) is 15.5. The molecule has 3 heterocycles. The summed E-state index contributed by atoms with van der Waals surface area (Å²) in [5.74, 6) is 6.34. The quantitative estimate of drug-likeness (QED) is 0.350. The highest BCUT2D eigenvalue weighted by molar-refractivity contribution is 6.39. The summed E-state index contributed by atoms with van der Waals surface area (Å²) in [5.41, 5.74) is 3.32. The number of hydrogen-bond acceptors (Lipinski definition) is 8. The molecular formula is C23H27N9. The summed E-state index contributed by atoms with van der Waals surface area (Å²) in [4.78, 5) is 13.7. The van der Waals surface area contributed by atoms with Gasteiger partial charge in [-0.25, -0.2) is 9.97 Å². The summed E-state index contributed by atoms with van der Waals surface area (Å²) >= 11 is 0. The highest BCUT2D eigenvalue weighted by atomic mass is 15.3. The van der Waals surface area contributed by atoms with Gasteiger partial charge in [-0.1, -0.05) is 19.3 Å². The van der Waals surface area contributed by atoms with E-state index in [0.29, 0.717) is 28.8 Å². The van der Waals surface area contributed by atoms with Crippen molar-refractivity contribution >= 4 is 28.6 Å². The Bertz CT molecular complexity index is 1190. The summed E-state index contributed by atoms with van der Waals surface area (Å²) < 4.78 is 1.65. The molecule has 0 spiro atoms. The first kappa shape index (κ1) is 21.4. The fourth-order valence-electron chi connectivity index (χ4n) is 3.92. The molecule has 0 radical (unpaired) electrons. The van der Waals surface area contributed by atoms with Crippen LogP contribution in [0.5, 0.6) is 0 Å². The Morgan fingerprint density at radius 1 is 1.22 bits per heavy atom. The van der Waals surface area contributed by atoms with E-state index in [1.54, 1.807) is 29.4 Å². The SMILES string of the molecule is CC(C)Nc1cc(-n2ncc3cc(C#N)cnc32)ncc1C(C=NC1CCCCC1)=NN. The van der Waals surface area contributed by atoms with Gasteiger partial charge in [0.05, 0.1) is 17.8 Å². The molecule has 32 heavy (non-hydrogen) atoms. The van der Waals surface area contributed by atoms with Crippen molar-refractivity contribution < 1.29 is 0 Å². The minimum absolute atomic E-state index is 0.184. The van der Waals surface area contributed by atoms with Crippen LogP contribution in [0.1, 0.15) is 57.1 Å². The second kappa shape index (κ2) is 9.56. The lowest BCUT2D eigenvalue weighted by atomic mass is 9.96. The van der Waals surface area contributed by atoms with Crippen LogP contribution in [-0.2, 0) is 0 Å². The highest BCUT2D eigenvalue weighted by Gasteiger charge is 2.16. The van der Waals surface area contributed by atoms with E-state index in [0.717, 1.165) is 29.5 Å². The summed E-state index contributed by atoms with van der Waals surface area (Å²) in [6, 6.07) is 6.27. The molecule has 0 bridgehead atoms. The summed E-state index contributed by atoms with van der Waals surface area (Å²) in [7, 11) is 0. The van der Waals surface area contributed by atoms with E-state index in [9.17, 15) is 0 Å². The van der Waals surface area contributed by atoms with E-state index in [-0.39, 0.29) is 6.04 Å². The number of aromatic nitrogens is 4. The van der Waals surface area contributed by atoms with Gasteiger partial charge in [-0.15, -0.1) is 0 Å². The summed E-state index contributed by atoms with van der Waals surface area (Å²) in [6.45, 7) is 4.13. The van der Waals surface area contributed by atoms with Gasteiger partial charge in [0.15, 0.2) is 11.5 Å². The molecule has 9 heteroatoms.